The largest absolute Gasteiger partial charge is 0.347 e. The molecule has 0 radical (unpaired) electrons. The summed E-state index contributed by atoms with van der Waals surface area (Å²) in [5.41, 5.74) is 3.91. The molecule has 2 N–H and O–H groups in total. The van der Waals surface area contributed by atoms with Crippen LogP contribution in [-0.4, -0.2) is 9.66 Å². The van der Waals surface area contributed by atoms with E-state index in [0.29, 0.717) is 0 Å². The fourth-order valence-corrected chi connectivity index (χ4v) is 1.86. The van der Waals surface area contributed by atoms with Gasteiger partial charge in [0.05, 0.1) is 5.69 Å². The van der Waals surface area contributed by atoms with Crippen LogP contribution in [-0.2, 0) is 6.42 Å². The molecule has 2 aromatic rings. The van der Waals surface area contributed by atoms with Gasteiger partial charge < -0.3 is 4.98 Å². The molecule has 0 fully saturated rings. The number of unbranched alkanes of at least 4 members (excludes halogenated alkanes) is 1. The number of H-pyrrole nitrogens is 1. The predicted molar refractivity (Wildman–Crippen MR) is 75.4 cm³/mol. The van der Waals surface area contributed by atoms with Crippen LogP contribution in [0.4, 0.5) is 5.69 Å². The lowest BCUT2D eigenvalue weighted by atomic mass is 10.1. The van der Waals surface area contributed by atoms with E-state index >= 15 is 0 Å². The van der Waals surface area contributed by atoms with E-state index in [0.717, 1.165) is 35.2 Å². The van der Waals surface area contributed by atoms with Crippen molar-refractivity contribution in [3.05, 3.63) is 62.9 Å². The van der Waals surface area contributed by atoms with Gasteiger partial charge >= 0.3 is 5.69 Å². The average Bonchev–Trinajstić information content (AvgIpc) is 2.42. The number of aryl methyl sites for hydroxylation is 1. The topological polar surface area (TPSA) is 66.9 Å². The first-order valence-electron chi connectivity index (χ1n) is 6.38. The Morgan fingerprint density at radius 1 is 1.21 bits per heavy atom. The van der Waals surface area contributed by atoms with Crippen molar-refractivity contribution in [1.82, 2.24) is 9.66 Å². The smallest absolute Gasteiger partial charge is 0.312 e. The Morgan fingerprint density at radius 2 is 2.00 bits per heavy atom. The van der Waals surface area contributed by atoms with Crippen molar-refractivity contribution in [3.8, 4) is 0 Å². The Balaban J connectivity index is 2.33. The van der Waals surface area contributed by atoms with Gasteiger partial charge in [-0.15, -0.1) is 0 Å². The minimum absolute atomic E-state index is 0.381. The van der Waals surface area contributed by atoms with Gasteiger partial charge in [0, 0.05) is 12.3 Å². The maximum absolute atomic E-state index is 11.7. The summed E-state index contributed by atoms with van der Waals surface area (Å²) in [5, 5.41) is 0. The van der Waals surface area contributed by atoms with Gasteiger partial charge in [-0.3, -0.25) is 10.2 Å². The molecule has 2 rings (SSSR count). The Hall–Kier alpha value is -2.30. The van der Waals surface area contributed by atoms with Crippen LogP contribution in [0.2, 0.25) is 0 Å². The minimum atomic E-state index is -0.474. The van der Waals surface area contributed by atoms with E-state index in [4.69, 9.17) is 0 Å². The Kier molecular flexibility index (Phi) is 4.18. The Bertz CT molecular complexity index is 630. The molecular weight excluding hydrogens is 242 g/mol. The van der Waals surface area contributed by atoms with Crippen molar-refractivity contribution in [2.45, 2.75) is 26.2 Å². The second-order valence-electron chi connectivity index (χ2n) is 4.33. The summed E-state index contributed by atoms with van der Waals surface area (Å²) in [6, 6.07) is 9.00. The summed E-state index contributed by atoms with van der Waals surface area (Å²) in [6.45, 7) is 2.13. The fourth-order valence-electron chi connectivity index (χ4n) is 1.86. The van der Waals surface area contributed by atoms with Crippen LogP contribution in [0.25, 0.3) is 0 Å². The first-order valence-corrected chi connectivity index (χ1v) is 6.38. The summed E-state index contributed by atoms with van der Waals surface area (Å²) < 4.78 is 0.977. The van der Waals surface area contributed by atoms with E-state index in [-0.39, 0.29) is 5.56 Å². The Labute approximate surface area is 110 Å². The van der Waals surface area contributed by atoms with Gasteiger partial charge in [0.1, 0.15) is 0 Å². The molecule has 1 heterocycles. The van der Waals surface area contributed by atoms with Crippen LogP contribution in [0.5, 0.6) is 0 Å². The molecule has 100 valence electrons. The summed E-state index contributed by atoms with van der Waals surface area (Å²) in [5.74, 6) is 0. The van der Waals surface area contributed by atoms with Gasteiger partial charge in [0.2, 0.25) is 0 Å². The average molecular weight is 259 g/mol. The third-order valence-electron chi connectivity index (χ3n) is 2.91. The molecule has 1 aromatic carbocycles. The number of nitrogens with one attached hydrogen (secondary N) is 2. The van der Waals surface area contributed by atoms with Crippen molar-refractivity contribution in [1.29, 1.82) is 0 Å². The lowest BCUT2D eigenvalue weighted by molar-refractivity contribution is 0.780. The third kappa shape index (κ3) is 3.13. The molecule has 0 spiro atoms. The van der Waals surface area contributed by atoms with Gasteiger partial charge in [-0.1, -0.05) is 31.5 Å². The number of anilines is 1. The first-order chi connectivity index (χ1) is 9.22. The van der Waals surface area contributed by atoms with E-state index in [2.05, 4.69) is 17.3 Å². The molecule has 0 saturated heterocycles. The number of hydrogen-bond donors (Lipinski definition) is 2. The molecule has 1 aromatic heterocycles. The zero-order valence-corrected chi connectivity index (χ0v) is 10.8. The molecule has 0 amide bonds. The normalized spacial score (nSPS) is 10.4. The number of benzene rings is 1. The van der Waals surface area contributed by atoms with Gasteiger partial charge in [0.25, 0.3) is 5.56 Å². The number of hydrogen-bond acceptors (Lipinski definition) is 3. The van der Waals surface area contributed by atoms with E-state index < -0.39 is 5.69 Å². The summed E-state index contributed by atoms with van der Waals surface area (Å²) in [7, 11) is 0. The van der Waals surface area contributed by atoms with Crippen molar-refractivity contribution in [2.75, 3.05) is 5.43 Å². The van der Waals surface area contributed by atoms with E-state index in [1.807, 2.05) is 24.3 Å². The van der Waals surface area contributed by atoms with E-state index in [9.17, 15) is 9.59 Å². The van der Waals surface area contributed by atoms with Gasteiger partial charge in [0.15, 0.2) is 0 Å². The molecule has 0 atom stereocenters. The van der Waals surface area contributed by atoms with Crippen molar-refractivity contribution >= 4 is 5.69 Å². The number of aromatic amines is 1. The standard InChI is InChI=1S/C14H17N3O2/c1-2-3-6-11-7-4-5-8-12(11)16-17-13(18)9-10-15-14(17)19/h4-5,7-10,16H,2-3,6H2,1H3,(H,15,19). The lowest BCUT2D eigenvalue weighted by Crippen LogP contribution is -2.38. The van der Waals surface area contributed by atoms with Gasteiger partial charge in [-0.2, -0.15) is 4.68 Å². The van der Waals surface area contributed by atoms with E-state index in [1.54, 1.807) is 0 Å². The predicted octanol–water partition coefficient (Wildman–Crippen LogP) is 1.75. The summed E-state index contributed by atoms with van der Waals surface area (Å²) in [6.07, 6.45) is 4.42. The minimum Gasteiger partial charge on any atom is -0.312 e. The number of nitrogens with zero attached hydrogens (tertiary/aromatic N) is 1. The second kappa shape index (κ2) is 6.04. The number of rotatable bonds is 5. The highest BCUT2D eigenvalue weighted by Gasteiger charge is 2.04. The van der Waals surface area contributed by atoms with Crippen molar-refractivity contribution < 1.29 is 0 Å². The van der Waals surface area contributed by atoms with Gasteiger partial charge in [-0.05, 0) is 24.5 Å². The highest BCUT2D eigenvalue weighted by Crippen LogP contribution is 2.16. The molecule has 5 heteroatoms. The van der Waals surface area contributed by atoms with Crippen LogP contribution in [0.3, 0.4) is 0 Å². The molecule has 0 unspecified atom stereocenters. The molecule has 0 aliphatic rings. The Morgan fingerprint density at radius 3 is 2.74 bits per heavy atom. The van der Waals surface area contributed by atoms with Crippen LogP contribution in [0.1, 0.15) is 25.3 Å². The van der Waals surface area contributed by atoms with Gasteiger partial charge in [-0.25, -0.2) is 4.79 Å². The number of para-hydroxylation sites is 1. The van der Waals surface area contributed by atoms with Crippen molar-refractivity contribution in [3.63, 3.8) is 0 Å². The maximum atomic E-state index is 11.7. The molecule has 0 saturated carbocycles. The van der Waals surface area contributed by atoms with Crippen LogP contribution >= 0.6 is 0 Å². The quantitative estimate of drug-likeness (QED) is 0.859. The fraction of sp³-hybridized carbons (Fsp3) is 0.286. The molecular formula is C14H17N3O2. The molecule has 19 heavy (non-hydrogen) atoms. The monoisotopic (exact) mass is 259 g/mol. The highest BCUT2D eigenvalue weighted by molar-refractivity contribution is 5.50. The zero-order valence-electron chi connectivity index (χ0n) is 10.8. The molecule has 0 aliphatic carbocycles. The van der Waals surface area contributed by atoms with Crippen LogP contribution in [0.15, 0.2) is 46.1 Å². The number of aromatic nitrogens is 2. The highest BCUT2D eigenvalue weighted by atomic mass is 16.2. The lowest BCUT2D eigenvalue weighted by Gasteiger charge is -2.12. The molecule has 0 bridgehead atoms. The first kappa shape index (κ1) is 13.1. The van der Waals surface area contributed by atoms with E-state index in [1.165, 1.54) is 12.3 Å². The molecule has 0 aliphatic heterocycles. The maximum Gasteiger partial charge on any atom is 0.347 e. The van der Waals surface area contributed by atoms with Crippen molar-refractivity contribution in [2.24, 2.45) is 0 Å². The van der Waals surface area contributed by atoms with Crippen LogP contribution < -0.4 is 16.7 Å². The summed E-state index contributed by atoms with van der Waals surface area (Å²) >= 11 is 0. The summed E-state index contributed by atoms with van der Waals surface area (Å²) in [4.78, 5) is 25.7. The molecule has 5 nitrogen and oxygen atoms in total. The zero-order chi connectivity index (χ0) is 13.7. The second-order valence-corrected chi connectivity index (χ2v) is 4.33. The van der Waals surface area contributed by atoms with Crippen LogP contribution in [0, 0.1) is 0 Å². The SMILES string of the molecule is CCCCc1ccccc1Nn1c(=O)cc[nH]c1=O. The third-order valence-corrected chi connectivity index (χ3v) is 2.91.